The summed E-state index contributed by atoms with van der Waals surface area (Å²) in [6.07, 6.45) is 5.90. The minimum absolute atomic E-state index is 0.0604. The van der Waals surface area contributed by atoms with E-state index >= 15 is 0 Å². The van der Waals surface area contributed by atoms with Crippen LogP contribution in [0.15, 0.2) is 24.3 Å². The van der Waals surface area contributed by atoms with E-state index < -0.39 is 0 Å². The number of fused-ring (bicyclic) bond motifs is 2. The fourth-order valence-corrected chi connectivity index (χ4v) is 6.25. The normalized spacial score (nSPS) is 27.9. The number of carbonyl (C=O) groups excluding carboxylic acids is 2. The zero-order valence-electron chi connectivity index (χ0n) is 18.1. The summed E-state index contributed by atoms with van der Waals surface area (Å²) in [5, 5.41) is 2.92. The molecule has 5 heteroatoms. The monoisotopic (exact) mass is 397 g/mol. The third kappa shape index (κ3) is 4.01. The predicted octanol–water partition coefficient (Wildman–Crippen LogP) is 4.15. The van der Waals surface area contributed by atoms with Crippen LogP contribution in [0.2, 0.25) is 0 Å². The molecule has 5 nitrogen and oxygen atoms in total. The van der Waals surface area contributed by atoms with Gasteiger partial charge < -0.3 is 15.1 Å². The number of piperazine rings is 1. The van der Waals surface area contributed by atoms with Gasteiger partial charge in [0.2, 0.25) is 11.8 Å². The Hall–Kier alpha value is -2.04. The van der Waals surface area contributed by atoms with Crippen LogP contribution in [0.25, 0.3) is 0 Å². The first-order chi connectivity index (χ1) is 13.9. The van der Waals surface area contributed by atoms with Crippen LogP contribution in [0.1, 0.15) is 52.9 Å². The van der Waals surface area contributed by atoms with Gasteiger partial charge in [-0.3, -0.25) is 9.59 Å². The lowest BCUT2D eigenvalue weighted by molar-refractivity contribution is -0.132. The van der Waals surface area contributed by atoms with Crippen LogP contribution in [0, 0.1) is 23.2 Å². The van der Waals surface area contributed by atoms with Crippen molar-refractivity contribution in [1.82, 2.24) is 4.90 Å². The van der Waals surface area contributed by atoms with E-state index in [9.17, 15) is 9.59 Å². The lowest BCUT2D eigenvalue weighted by atomic mass is 9.67. The zero-order valence-corrected chi connectivity index (χ0v) is 18.1. The first kappa shape index (κ1) is 20.2. The van der Waals surface area contributed by atoms with Crippen molar-refractivity contribution in [2.45, 2.75) is 52.9 Å². The molecule has 3 fully saturated rings. The highest BCUT2D eigenvalue weighted by Gasteiger charge is 2.52. The molecular formula is C24H35N3O2. The maximum atomic E-state index is 12.9. The second kappa shape index (κ2) is 8.00. The number of hydrogen-bond acceptors (Lipinski definition) is 3. The molecule has 2 bridgehead atoms. The van der Waals surface area contributed by atoms with Crippen molar-refractivity contribution in [2.24, 2.45) is 23.2 Å². The third-order valence-corrected chi connectivity index (χ3v) is 7.91. The molecule has 29 heavy (non-hydrogen) atoms. The second-order valence-corrected chi connectivity index (χ2v) is 9.80. The number of rotatable bonds is 5. The first-order valence-corrected chi connectivity index (χ1v) is 11.3. The summed E-state index contributed by atoms with van der Waals surface area (Å²) in [6, 6.07) is 7.91. The summed E-state index contributed by atoms with van der Waals surface area (Å²) in [7, 11) is 0. The Morgan fingerprint density at radius 3 is 2.48 bits per heavy atom. The van der Waals surface area contributed by atoms with Crippen LogP contribution in [-0.2, 0) is 9.59 Å². The number of para-hydroxylation sites is 2. The summed E-state index contributed by atoms with van der Waals surface area (Å²) in [4.78, 5) is 28.7. The van der Waals surface area contributed by atoms with E-state index in [1.807, 2.05) is 29.2 Å². The topological polar surface area (TPSA) is 52.7 Å². The molecule has 2 amide bonds. The predicted molar refractivity (Wildman–Crippen MR) is 117 cm³/mol. The second-order valence-electron chi connectivity index (χ2n) is 9.80. The molecule has 4 rings (SSSR count). The average Bonchev–Trinajstić information content (AvgIpc) is 3.26. The van der Waals surface area contributed by atoms with E-state index in [0.717, 1.165) is 61.7 Å². The Labute approximate surface area is 174 Å². The van der Waals surface area contributed by atoms with Crippen molar-refractivity contribution in [3.8, 4) is 0 Å². The summed E-state index contributed by atoms with van der Waals surface area (Å²) >= 11 is 0. The molecule has 1 heterocycles. The molecule has 0 radical (unpaired) electrons. The van der Waals surface area contributed by atoms with Crippen LogP contribution < -0.4 is 10.2 Å². The van der Waals surface area contributed by atoms with Gasteiger partial charge in [0, 0.05) is 39.5 Å². The third-order valence-electron chi connectivity index (χ3n) is 7.91. The van der Waals surface area contributed by atoms with Crippen LogP contribution >= 0.6 is 0 Å². The van der Waals surface area contributed by atoms with Crippen molar-refractivity contribution in [2.75, 3.05) is 36.4 Å². The van der Waals surface area contributed by atoms with E-state index in [0.29, 0.717) is 17.7 Å². The highest BCUT2D eigenvalue weighted by molar-refractivity contribution is 5.92. The molecule has 2 aliphatic carbocycles. The summed E-state index contributed by atoms with van der Waals surface area (Å²) in [5.74, 6) is 2.70. The van der Waals surface area contributed by atoms with Gasteiger partial charge in [0.1, 0.15) is 0 Å². The molecule has 1 aromatic carbocycles. The maximum Gasteiger partial charge on any atom is 0.222 e. The molecule has 1 aromatic rings. The molecule has 158 valence electrons. The van der Waals surface area contributed by atoms with Gasteiger partial charge in [0.15, 0.2) is 0 Å². The fraction of sp³-hybridized carbons (Fsp3) is 0.667. The number of amides is 2. The lowest BCUT2D eigenvalue weighted by Crippen LogP contribution is -2.49. The molecule has 3 aliphatic rings. The molecule has 0 aromatic heterocycles. The van der Waals surface area contributed by atoms with E-state index in [1.165, 1.54) is 26.2 Å². The molecule has 1 saturated heterocycles. The number of anilines is 2. The molecule has 3 unspecified atom stereocenters. The minimum Gasteiger partial charge on any atom is -0.366 e. The van der Waals surface area contributed by atoms with Gasteiger partial charge in [-0.25, -0.2) is 0 Å². The quantitative estimate of drug-likeness (QED) is 0.812. The summed E-state index contributed by atoms with van der Waals surface area (Å²) < 4.78 is 0. The first-order valence-electron chi connectivity index (χ1n) is 11.3. The van der Waals surface area contributed by atoms with Gasteiger partial charge in [-0.05, 0) is 61.0 Å². The Morgan fingerprint density at radius 2 is 1.83 bits per heavy atom. The number of carbonyl (C=O) groups is 2. The van der Waals surface area contributed by atoms with Gasteiger partial charge in [0.05, 0.1) is 11.4 Å². The number of nitrogens with zero attached hydrogens (tertiary/aromatic N) is 2. The van der Waals surface area contributed by atoms with Gasteiger partial charge in [-0.15, -0.1) is 0 Å². The number of nitrogens with one attached hydrogen (secondary N) is 1. The average molecular weight is 398 g/mol. The van der Waals surface area contributed by atoms with Crippen molar-refractivity contribution >= 4 is 23.2 Å². The largest absolute Gasteiger partial charge is 0.366 e. The van der Waals surface area contributed by atoms with Crippen molar-refractivity contribution in [1.29, 1.82) is 0 Å². The molecule has 2 saturated carbocycles. The maximum absolute atomic E-state index is 12.9. The van der Waals surface area contributed by atoms with Crippen LogP contribution in [0.5, 0.6) is 0 Å². The Bertz CT molecular complexity index is 767. The fourth-order valence-electron chi connectivity index (χ4n) is 6.25. The van der Waals surface area contributed by atoms with Gasteiger partial charge >= 0.3 is 0 Å². The number of hydrogen-bond donors (Lipinski definition) is 1. The van der Waals surface area contributed by atoms with Crippen molar-refractivity contribution in [3.63, 3.8) is 0 Å². The zero-order chi connectivity index (χ0) is 20.6. The standard InChI is InChI=1S/C24H35N3O2/c1-17(28)25-21-6-4-5-7-22(21)26-12-14-27(15-13-26)23(29)11-10-20-18-8-9-19(16-18)24(20,2)3/h4-7,18-20H,8-16H2,1-3H3,(H,25,28). The van der Waals surface area contributed by atoms with Crippen LogP contribution in [-0.4, -0.2) is 42.9 Å². The molecule has 1 aliphatic heterocycles. The SMILES string of the molecule is CC(=O)Nc1ccccc1N1CCN(C(=O)CCC2C3CCC(C3)C2(C)C)CC1. The highest BCUT2D eigenvalue weighted by atomic mass is 16.2. The van der Waals surface area contributed by atoms with E-state index in [4.69, 9.17) is 0 Å². The van der Waals surface area contributed by atoms with E-state index in [2.05, 4.69) is 24.1 Å². The number of benzene rings is 1. The molecule has 1 N–H and O–H groups in total. The van der Waals surface area contributed by atoms with Crippen LogP contribution in [0.3, 0.4) is 0 Å². The highest BCUT2D eigenvalue weighted by Crippen LogP contribution is 2.60. The lowest BCUT2D eigenvalue weighted by Gasteiger charge is -2.39. The van der Waals surface area contributed by atoms with Crippen molar-refractivity contribution < 1.29 is 9.59 Å². The van der Waals surface area contributed by atoms with Gasteiger partial charge in [0.25, 0.3) is 0 Å². The van der Waals surface area contributed by atoms with Crippen molar-refractivity contribution in [3.05, 3.63) is 24.3 Å². The Morgan fingerprint density at radius 1 is 1.10 bits per heavy atom. The Balaban J connectivity index is 1.30. The van der Waals surface area contributed by atoms with Gasteiger partial charge in [-0.2, -0.15) is 0 Å². The van der Waals surface area contributed by atoms with E-state index in [1.54, 1.807) is 0 Å². The van der Waals surface area contributed by atoms with Gasteiger partial charge in [-0.1, -0.05) is 26.0 Å². The molecular weight excluding hydrogens is 362 g/mol. The van der Waals surface area contributed by atoms with Crippen LogP contribution in [0.4, 0.5) is 11.4 Å². The molecule has 0 spiro atoms. The summed E-state index contributed by atoms with van der Waals surface area (Å²) in [6.45, 7) is 9.52. The smallest absolute Gasteiger partial charge is 0.222 e. The summed E-state index contributed by atoms with van der Waals surface area (Å²) in [5.41, 5.74) is 2.30. The minimum atomic E-state index is -0.0604. The molecule has 3 atom stereocenters. The Kier molecular flexibility index (Phi) is 5.58. The van der Waals surface area contributed by atoms with E-state index in [-0.39, 0.29) is 5.91 Å².